The molecular weight excluding hydrogens is 278 g/mol. The lowest BCUT2D eigenvalue weighted by Gasteiger charge is -1.96. The van der Waals surface area contributed by atoms with Gasteiger partial charge in [-0.05, 0) is 19.1 Å². The third-order valence-corrected chi connectivity index (χ3v) is 2.49. The Hall–Kier alpha value is -3.16. The highest BCUT2D eigenvalue weighted by molar-refractivity contribution is 5.93. The van der Waals surface area contributed by atoms with E-state index < -0.39 is 10.9 Å². The number of carboxylic acid groups (broad SMARTS) is 1. The Morgan fingerprint density at radius 1 is 1.33 bits per heavy atom. The maximum absolute atomic E-state index is 10.6. The number of aryl methyl sites for hydroxylation is 1. The number of nitrogens with two attached hydrogens (primary N) is 1. The lowest BCUT2D eigenvalue weighted by molar-refractivity contribution is -0.606. The number of rotatable bonds is 2. The molecule has 8 heteroatoms. The monoisotopic (exact) mass is 291 g/mol. The molecule has 0 unspecified atom stereocenters. The molecule has 0 radical (unpaired) electrons. The standard InChI is InChI=1S/C7H7NO2.C6H6N2O3/c8-6-4-2-1-3-5(6)7(9)10;1-5-4-7(9)3-2-6(5)8(10)11/h1-4H,8H2,(H,9,10);2-4H,1H3. The molecule has 0 amide bonds. The lowest BCUT2D eigenvalue weighted by atomic mass is 10.2. The molecule has 0 fully saturated rings. The number of carboxylic acids is 1. The van der Waals surface area contributed by atoms with Crippen LogP contribution in [0.1, 0.15) is 15.9 Å². The normalized spacial score (nSPS) is 9.38. The second kappa shape index (κ2) is 6.85. The minimum absolute atomic E-state index is 0.0305. The van der Waals surface area contributed by atoms with Gasteiger partial charge in [-0.2, -0.15) is 4.73 Å². The summed E-state index contributed by atoms with van der Waals surface area (Å²) in [6, 6.07) is 7.55. The molecule has 110 valence electrons. The summed E-state index contributed by atoms with van der Waals surface area (Å²) in [7, 11) is 0. The summed E-state index contributed by atoms with van der Waals surface area (Å²) in [5.74, 6) is -0.988. The lowest BCUT2D eigenvalue weighted by Crippen LogP contribution is -2.24. The fourth-order valence-electron chi connectivity index (χ4n) is 1.47. The highest BCUT2D eigenvalue weighted by Gasteiger charge is 2.11. The van der Waals surface area contributed by atoms with E-state index in [1.165, 1.54) is 19.1 Å². The van der Waals surface area contributed by atoms with Crippen LogP contribution in [0.2, 0.25) is 0 Å². The predicted molar refractivity (Wildman–Crippen MR) is 74.6 cm³/mol. The summed E-state index contributed by atoms with van der Waals surface area (Å²) in [6.07, 6.45) is 2.27. The van der Waals surface area contributed by atoms with Gasteiger partial charge < -0.3 is 16.0 Å². The molecule has 0 saturated carbocycles. The van der Waals surface area contributed by atoms with Crippen LogP contribution >= 0.6 is 0 Å². The number of nitrogen functional groups attached to an aromatic ring is 1. The first-order chi connectivity index (χ1) is 9.82. The molecule has 0 spiro atoms. The SMILES string of the molecule is Cc1c[n+]([O-])ccc1[N+](=O)[O-].Nc1ccccc1C(=O)O. The van der Waals surface area contributed by atoms with Gasteiger partial charge in [0.2, 0.25) is 0 Å². The topological polar surface area (TPSA) is 133 Å². The summed E-state index contributed by atoms with van der Waals surface area (Å²) in [4.78, 5) is 20.1. The van der Waals surface area contributed by atoms with Gasteiger partial charge in [0.05, 0.1) is 22.1 Å². The minimum Gasteiger partial charge on any atom is -0.619 e. The van der Waals surface area contributed by atoms with Gasteiger partial charge in [0.25, 0.3) is 5.69 Å². The van der Waals surface area contributed by atoms with E-state index in [0.29, 0.717) is 16.0 Å². The van der Waals surface area contributed by atoms with Crippen molar-refractivity contribution in [3.05, 3.63) is 69.2 Å². The van der Waals surface area contributed by atoms with E-state index in [1.54, 1.807) is 18.2 Å². The van der Waals surface area contributed by atoms with Gasteiger partial charge in [-0.15, -0.1) is 0 Å². The summed E-state index contributed by atoms with van der Waals surface area (Å²) < 4.78 is 0.530. The fraction of sp³-hybridized carbons (Fsp3) is 0.0769. The van der Waals surface area contributed by atoms with Crippen LogP contribution in [0, 0.1) is 22.2 Å². The first kappa shape index (κ1) is 15.9. The molecule has 0 bridgehead atoms. The number of aromatic carboxylic acids is 1. The van der Waals surface area contributed by atoms with Crippen LogP contribution in [0.3, 0.4) is 0 Å². The molecule has 0 aliphatic heterocycles. The van der Waals surface area contributed by atoms with Gasteiger partial charge in [-0.3, -0.25) is 10.1 Å². The average molecular weight is 291 g/mol. The number of hydrogen-bond acceptors (Lipinski definition) is 5. The zero-order valence-corrected chi connectivity index (χ0v) is 11.1. The molecule has 2 aromatic rings. The molecule has 8 nitrogen and oxygen atoms in total. The molecule has 2 rings (SSSR count). The first-order valence-electron chi connectivity index (χ1n) is 5.74. The van der Waals surface area contributed by atoms with Crippen molar-refractivity contribution in [1.29, 1.82) is 0 Å². The Bertz CT molecular complexity index is 673. The Kier molecular flexibility index (Phi) is 5.18. The molecular formula is C13H13N3O5. The number of nitrogens with zero attached hydrogens (tertiary/aromatic N) is 2. The molecule has 1 aromatic heterocycles. The Balaban J connectivity index is 0.000000211. The quantitative estimate of drug-likeness (QED) is 0.283. The maximum atomic E-state index is 10.6. The second-order valence-electron chi connectivity index (χ2n) is 4.02. The van der Waals surface area contributed by atoms with Crippen molar-refractivity contribution in [1.82, 2.24) is 0 Å². The van der Waals surface area contributed by atoms with Crippen LogP contribution in [0.25, 0.3) is 0 Å². The van der Waals surface area contributed by atoms with Crippen molar-refractivity contribution >= 4 is 17.3 Å². The van der Waals surface area contributed by atoms with Crippen molar-refractivity contribution in [2.24, 2.45) is 0 Å². The average Bonchev–Trinajstić information content (AvgIpc) is 2.39. The number of anilines is 1. The number of pyridine rings is 1. The zero-order valence-electron chi connectivity index (χ0n) is 11.1. The van der Waals surface area contributed by atoms with E-state index in [1.807, 2.05) is 0 Å². The van der Waals surface area contributed by atoms with Gasteiger partial charge in [0.1, 0.15) is 0 Å². The number of benzene rings is 1. The van der Waals surface area contributed by atoms with Gasteiger partial charge in [0, 0.05) is 5.69 Å². The first-order valence-corrected chi connectivity index (χ1v) is 5.74. The predicted octanol–water partition coefficient (Wildman–Crippen LogP) is 1.50. The largest absolute Gasteiger partial charge is 0.619 e. The Morgan fingerprint density at radius 3 is 2.38 bits per heavy atom. The van der Waals surface area contributed by atoms with E-state index in [-0.39, 0.29) is 11.3 Å². The van der Waals surface area contributed by atoms with E-state index in [2.05, 4.69) is 0 Å². The van der Waals surface area contributed by atoms with Gasteiger partial charge in [0.15, 0.2) is 12.4 Å². The van der Waals surface area contributed by atoms with E-state index in [4.69, 9.17) is 10.8 Å². The van der Waals surface area contributed by atoms with Crippen molar-refractivity contribution in [2.75, 3.05) is 5.73 Å². The Labute approximate surface area is 119 Å². The number of carbonyl (C=O) groups is 1. The summed E-state index contributed by atoms with van der Waals surface area (Å²) in [6.45, 7) is 1.52. The smallest absolute Gasteiger partial charge is 0.337 e. The molecule has 0 atom stereocenters. The van der Waals surface area contributed by atoms with Gasteiger partial charge in [-0.1, -0.05) is 12.1 Å². The molecule has 1 aromatic carbocycles. The van der Waals surface area contributed by atoms with Crippen molar-refractivity contribution in [3.8, 4) is 0 Å². The number of para-hydroxylation sites is 1. The van der Waals surface area contributed by atoms with Gasteiger partial charge >= 0.3 is 5.97 Å². The van der Waals surface area contributed by atoms with Crippen LogP contribution in [-0.4, -0.2) is 16.0 Å². The van der Waals surface area contributed by atoms with Gasteiger partial charge in [-0.25, -0.2) is 4.79 Å². The van der Waals surface area contributed by atoms with Crippen LogP contribution in [0.4, 0.5) is 11.4 Å². The second-order valence-corrected chi connectivity index (χ2v) is 4.02. The summed E-state index contributed by atoms with van der Waals surface area (Å²) in [5, 5.41) is 29.3. The van der Waals surface area contributed by atoms with Crippen LogP contribution in [0.5, 0.6) is 0 Å². The van der Waals surface area contributed by atoms with Crippen molar-refractivity contribution in [3.63, 3.8) is 0 Å². The van der Waals surface area contributed by atoms with Crippen LogP contribution in [-0.2, 0) is 0 Å². The fourth-order valence-corrected chi connectivity index (χ4v) is 1.47. The highest BCUT2D eigenvalue weighted by Crippen LogP contribution is 2.12. The van der Waals surface area contributed by atoms with Crippen molar-refractivity contribution in [2.45, 2.75) is 6.92 Å². The maximum Gasteiger partial charge on any atom is 0.337 e. The third kappa shape index (κ3) is 4.46. The summed E-state index contributed by atoms with van der Waals surface area (Å²) >= 11 is 0. The molecule has 0 aliphatic carbocycles. The number of aromatic nitrogens is 1. The molecule has 21 heavy (non-hydrogen) atoms. The third-order valence-electron chi connectivity index (χ3n) is 2.49. The van der Waals surface area contributed by atoms with E-state index >= 15 is 0 Å². The number of nitro groups is 1. The van der Waals surface area contributed by atoms with E-state index in [9.17, 15) is 20.1 Å². The molecule has 1 heterocycles. The van der Waals surface area contributed by atoms with Crippen LogP contribution < -0.4 is 10.5 Å². The van der Waals surface area contributed by atoms with Crippen LogP contribution in [0.15, 0.2) is 42.7 Å². The molecule has 3 N–H and O–H groups in total. The van der Waals surface area contributed by atoms with E-state index in [0.717, 1.165) is 12.4 Å². The highest BCUT2D eigenvalue weighted by atomic mass is 16.6. The molecule has 0 aliphatic rings. The number of hydrogen-bond donors (Lipinski definition) is 2. The molecule has 0 saturated heterocycles. The Morgan fingerprint density at radius 2 is 1.95 bits per heavy atom. The summed E-state index contributed by atoms with van der Waals surface area (Å²) in [5.41, 5.74) is 6.13. The zero-order chi connectivity index (χ0) is 16.0. The minimum atomic E-state index is -0.988. The van der Waals surface area contributed by atoms with Crippen molar-refractivity contribution < 1.29 is 19.6 Å².